The van der Waals surface area contributed by atoms with Gasteiger partial charge in [-0.2, -0.15) is 0 Å². The molecule has 1 aromatic rings. The van der Waals surface area contributed by atoms with E-state index in [0.29, 0.717) is 17.9 Å². The SMILES string of the molecule is CC(C)(C)NCc1cc(F)ccc1OCC(C)(C)C(=O)O. The molecular formula is C16H24FNO3. The molecule has 118 valence electrons. The maximum Gasteiger partial charge on any atom is 0.312 e. The lowest BCUT2D eigenvalue weighted by Crippen LogP contribution is -2.35. The molecule has 21 heavy (non-hydrogen) atoms. The Hall–Kier alpha value is -1.62. The number of ether oxygens (including phenoxy) is 1. The Bertz CT molecular complexity index is 507. The summed E-state index contributed by atoms with van der Waals surface area (Å²) in [7, 11) is 0. The van der Waals surface area contributed by atoms with Gasteiger partial charge in [0.05, 0.1) is 5.41 Å². The van der Waals surface area contributed by atoms with Crippen LogP contribution in [0.25, 0.3) is 0 Å². The molecule has 0 atom stereocenters. The van der Waals surface area contributed by atoms with Crippen molar-refractivity contribution in [1.29, 1.82) is 0 Å². The lowest BCUT2D eigenvalue weighted by atomic mass is 9.95. The Balaban J connectivity index is 2.84. The predicted molar refractivity (Wildman–Crippen MR) is 79.9 cm³/mol. The molecule has 0 amide bonds. The van der Waals surface area contributed by atoms with Crippen LogP contribution < -0.4 is 10.1 Å². The van der Waals surface area contributed by atoms with Gasteiger partial charge in [-0.25, -0.2) is 4.39 Å². The van der Waals surface area contributed by atoms with Crippen molar-refractivity contribution in [3.63, 3.8) is 0 Å². The molecule has 0 saturated carbocycles. The minimum Gasteiger partial charge on any atom is -0.492 e. The van der Waals surface area contributed by atoms with Gasteiger partial charge in [-0.15, -0.1) is 0 Å². The summed E-state index contributed by atoms with van der Waals surface area (Å²) in [4.78, 5) is 11.1. The molecule has 1 aromatic carbocycles. The minimum absolute atomic E-state index is 0.0243. The molecule has 1 rings (SSSR count). The zero-order chi connectivity index (χ0) is 16.3. The summed E-state index contributed by atoms with van der Waals surface area (Å²) in [5, 5.41) is 12.4. The van der Waals surface area contributed by atoms with Gasteiger partial charge in [0.25, 0.3) is 0 Å². The van der Waals surface area contributed by atoms with Gasteiger partial charge in [-0.1, -0.05) is 0 Å². The number of hydrogen-bond donors (Lipinski definition) is 2. The summed E-state index contributed by atoms with van der Waals surface area (Å²) >= 11 is 0. The highest BCUT2D eigenvalue weighted by Crippen LogP contribution is 2.24. The van der Waals surface area contributed by atoms with E-state index < -0.39 is 11.4 Å². The monoisotopic (exact) mass is 297 g/mol. The summed E-state index contributed by atoms with van der Waals surface area (Å²) in [6.45, 7) is 9.69. The van der Waals surface area contributed by atoms with Crippen LogP contribution in [0.2, 0.25) is 0 Å². The van der Waals surface area contributed by atoms with Crippen LogP contribution in [0.5, 0.6) is 5.75 Å². The maximum absolute atomic E-state index is 13.4. The van der Waals surface area contributed by atoms with Crippen molar-refractivity contribution in [2.24, 2.45) is 5.41 Å². The molecule has 0 fully saturated rings. The van der Waals surface area contributed by atoms with Crippen LogP contribution in [0.3, 0.4) is 0 Å². The number of nitrogens with one attached hydrogen (secondary N) is 1. The van der Waals surface area contributed by atoms with Gasteiger partial charge < -0.3 is 15.2 Å². The first-order valence-electron chi connectivity index (χ1n) is 6.91. The van der Waals surface area contributed by atoms with Crippen molar-refractivity contribution < 1.29 is 19.0 Å². The van der Waals surface area contributed by atoms with Crippen molar-refractivity contribution in [1.82, 2.24) is 5.32 Å². The second kappa shape index (κ2) is 6.43. The number of halogens is 1. The fourth-order valence-electron chi connectivity index (χ4n) is 1.51. The van der Waals surface area contributed by atoms with Crippen molar-refractivity contribution in [3.8, 4) is 5.75 Å². The van der Waals surface area contributed by atoms with E-state index in [9.17, 15) is 9.18 Å². The first kappa shape index (κ1) is 17.4. The van der Waals surface area contributed by atoms with Crippen molar-refractivity contribution in [3.05, 3.63) is 29.6 Å². The molecule has 0 aliphatic rings. The number of carbonyl (C=O) groups is 1. The average Bonchev–Trinajstić information content (AvgIpc) is 2.34. The van der Waals surface area contributed by atoms with Gasteiger partial charge in [0.15, 0.2) is 0 Å². The van der Waals surface area contributed by atoms with Crippen LogP contribution >= 0.6 is 0 Å². The number of rotatable bonds is 6. The molecule has 0 aliphatic carbocycles. The van der Waals surface area contributed by atoms with Gasteiger partial charge in [-0.05, 0) is 52.8 Å². The number of benzene rings is 1. The first-order chi connectivity index (χ1) is 9.51. The molecule has 0 radical (unpaired) electrons. The second-order valence-electron chi connectivity index (χ2n) is 6.83. The molecule has 5 heteroatoms. The molecular weight excluding hydrogens is 273 g/mol. The molecule has 0 aromatic heterocycles. The van der Waals surface area contributed by atoms with Crippen molar-refractivity contribution in [2.45, 2.75) is 46.7 Å². The Kier molecular flexibility index (Phi) is 5.34. The van der Waals surface area contributed by atoms with Crippen LogP contribution in [0.15, 0.2) is 18.2 Å². The van der Waals surface area contributed by atoms with E-state index in [0.717, 1.165) is 0 Å². The minimum atomic E-state index is -0.997. The van der Waals surface area contributed by atoms with Gasteiger partial charge in [-0.3, -0.25) is 4.79 Å². The highest BCUT2D eigenvalue weighted by Gasteiger charge is 2.28. The van der Waals surface area contributed by atoms with E-state index in [1.165, 1.54) is 18.2 Å². The Morgan fingerprint density at radius 2 is 1.90 bits per heavy atom. The van der Waals surface area contributed by atoms with E-state index in [2.05, 4.69) is 5.32 Å². The van der Waals surface area contributed by atoms with Gasteiger partial charge in [0.1, 0.15) is 18.2 Å². The fourth-order valence-corrected chi connectivity index (χ4v) is 1.51. The lowest BCUT2D eigenvalue weighted by molar-refractivity contribution is -0.148. The summed E-state index contributed by atoms with van der Waals surface area (Å²) in [6.07, 6.45) is 0. The molecule has 0 heterocycles. The first-order valence-corrected chi connectivity index (χ1v) is 6.91. The van der Waals surface area contributed by atoms with E-state index in [4.69, 9.17) is 9.84 Å². The third-order valence-electron chi connectivity index (χ3n) is 3.00. The van der Waals surface area contributed by atoms with Crippen LogP contribution in [0, 0.1) is 11.2 Å². The zero-order valence-electron chi connectivity index (χ0n) is 13.3. The molecule has 2 N–H and O–H groups in total. The zero-order valence-corrected chi connectivity index (χ0v) is 13.3. The maximum atomic E-state index is 13.4. The summed E-state index contributed by atoms with van der Waals surface area (Å²) < 4.78 is 19.0. The molecule has 4 nitrogen and oxygen atoms in total. The molecule has 0 spiro atoms. The Morgan fingerprint density at radius 1 is 1.29 bits per heavy atom. The summed E-state index contributed by atoms with van der Waals surface area (Å²) in [5.41, 5.74) is -0.432. The third kappa shape index (κ3) is 5.71. The van der Waals surface area contributed by atoms with E-state index in [-0.39, 0.29) is 18.0 Å². The van der Waals surface area contributed by atoms with Gasteiger partial charge in [0.2, 0.25) is 0 Å². The Labute approximate surface area is 125 Å². The largest absolute Gasteiger partial charge is 0.492 e. The van der Waals surface area contributed by atoms with Crippen molar-refractivity contribution >= 4 is 5.97 Å². The quantitative estimate of drug-likeness (QED) is 0.846. The van der Waals surface area contributed by atoms with Crippen molar-refractivity contribution in [2.75, 3.05) is 6.61 Å². The fraction of sp³-hybridized carbons (Fsp3) is 0.562. The van der Waals surface area contributed by atoms with Crippen LogP contribution in [-0.4, -0.2) is 23.2 Å². The van der Waals surface area contributed by atoms with Crippen LogP contribution in [0.1, 0.15) is 40.2 Å². The van der Waals surface area contributed by atoms with Crippen LogP contribution in [-0.2, 0) is 11.3 Å². The molecule has 0 unspecified atom stereocenters. The highest BCUT2D eigenvalue weighted by molar-refractivity contribution is 5.73. The normalized spacial score (nSPS) is 12.3. The van der Waals surface area contributed by atoms with Crippen LogP contribution in [0.4, 0.5) is 4.39 Å². The smallest absolute Gasteiger partial charge is 0.312 e. The summed E-state index contributed by atoms with van der Waals surface area (Å²) in [5.74, 6) is -0.771. The average molecular weight is 297 g/mol. The standard InChI is InChI=1S/C16H24FNO3/c1-15(2,3)18-9-11-8-12(17)6-7-13(11)21-10-16(4,5)14(19)20/h6-8,18H,9-10H2,1-5H3,(H,19,20). The van der Waals surface area contributed by atoms with E-state index >= 15 is 0 Å². The van der Waals surface area contributed by atoms with E-state index in [1.807, 2.05) is 20.8 Å². The second-order valence-corrected chi connectivity index (χ2v) is 6.83. The number of aliphatic carboxylic acids is 1. The Morgan fingerprint density at radius 3 is 2.43 bits per heavy atom. The van der Waals surface area contributed by atoms with Gasteiger partial charge >= 0.3 is 5.97 Å². The lowest BCUT2D eigenvalue weighted by Gasteiger charge is -2.23. The highest BCUT2D eigenvalue weighted by atomic mass is 19.1. The third-order valence-corrected chi connectivity index (χ3v) is 3.00. The molecule has 0 aliphatic heterocycles. The number of carboxylic acid groups (broad SMARTS) is 1. The molecule has 0 bridgehead atoms. The predicted octanol–water partition coefficient (Wildman–Crippen LogP) is 3.20. The van der Waals surface area contributed by atoms with Gasteiger partial charge in [0, 0.05) is 17.6 Å². The summed E-state index contributed by atoms with van der Waals surface area (Å²) in [6, 6.07) is 4.25. The number of carboxylic acids is 1. The molecule has 0 saturated heterocycles. The number of hydrogen-bond acceptors (Lipinski definition) is 3. The van der Waals surface area contributed by atoms with E-state index in [1.54, 1.807) is 13.8 Å². The topological polar surface area (TPSA) is 58.6 Å².